The fraction of sp³-hybridized carbons (Fsp3) is 0.321. The van der Waals surface area contributed by atoms with Crippen molar-refractivity contribution in [1.82, 2.24) is 10.2 Å². The topological polar surface area (TPSA) is 92.3 Å². The number of amidine groups is 1. The van der Waals surface area contributed by atoms with Crippen LogP contribution in [-0.4, -0.2) is 48.2 Å². The van der Waals surface area contributed by atoms with Crippen molar-refractivity contribution in [2.24, 2.45) is 4.99 Å². The Hall–Kier alpha value is -3.27. The number of methoxy groups -OCH3 is 1. The van der Waals surface area contributed by atoms with Crippen molar-refractivity contribution in [1.29, 1.82) is 0 Å². The van der Waals surface area contributed by atoms with Crippen molar-refractivity contribution >= 4 is 46.0 Å². The smallest absolute Gasteiger partial charge is 0.255 e. The molecule has 0 aromatic heterocycles. The largest absolute Gasteiger partial charge is 0.497 e. The van der Waals surface area contributed by atoms with E-state index in [0.717, 1.165) is 35.9 Å². The highest BCUT2D eigenvalue weighted by atomic mass is 35.5. The lowest BCUT2D eigenvalue weighted by Gasteiger charge is -2.36. The second-order valence-corrected chi connectivity index (χ2v) is 10.5. The van der Waals surface area contributed by atoms with E-state index in [-0.39, 0.29) is 24.3 Å². The molecule has 0 spiro atoms. The number of anilines is 1. The van der Waals surface area contributed by atoms with Crippen LogP contribution in [0.15, 0.2) is 75.9 Å². The number of thioether (sulfide) groups is 1. The van der Waals surface area contributed by atoms with E-state index < -0.39 is 6.04 Å². The lowest BCUT2D eigenvalue weighted by atomic mass is 9.93. The van der Waals surface area contributed by atoms with Crippen LogP contribution in [0.1, 0.15) is 37.8 Å². The van der Waals surface area contributed by atoms with Gasteiger partial charge in [-0.25, -0.2) is 4.99 Å². The van der Waals surface area contributed by atoms with E-state index in [4.69, 9.17) is 26.1 Å². The predicted octanol–water partition coefficient (Wildman–Crippen LogP) is 5.25. The lowest BCUT2D eigenvalue weighted by Crippen LogP contribution is -2.39. The third kappa shape index (κ3) is 5.75. The first kappa shape index (κ1) is 26.3. The van der Waals surface area contributed by atoms with Gasteiger partial charge in [0.2, 0.25) is 5.91 Å². The average molecular weight is 553 g/mol. The number of fused-ring (bicyclic) bond motifs is 1. The molecule has 2 aromatic carbocycles. The van der Waals surface area contributed by atoms with Gasteiger partial charge in [-0.1, -0.05) is 35.5 Å². The number of hydrogen-bond donors (Lipinski definition) is 2. The molecule has 3 aliphatic rings. The highest BCUT2D eigenvalue weighted by molar-refractivity contribution is 8.16. The normalized spacial score (nSPS) is 20.6. The number of carbonyl (C=O) groups excluding carboxylic acids is 2. The van der Waals surface area contributed by atoms with Gasteiger partial charge in [-0.3, -0.25) is 9.59 Å². The Morgan fingerprint density at radius 2 is 2.05 bits per heavy atom. The predicted molar refractivity (Wildman–Crippen MR) is 150 cm³/mol. The Kier molecular flexibility index (Phi) is 8.06. The number of rotatable bonds is 8. The van der Waals surface area contributed by atoms with Gasteiger partial charge in [-0.05, 0) is 67.1 Å². The van der Waals surface area contributed by atoms with Gasteiger partial charge < -0.3 is 25.0 Å². The maximum Gasteiger partial charge on any atom is 0.255 e. The van der Waals surface area contributed by atoms with Crippen LogP contribution in [0.3, 0.4) is 0 Å². The summed E-state index contributed by atoms with van der Waals surface area (Å²) in [5.41, 5.74) is 3.33. The molecule has 3 heterocycles. The van der Waals surface area contributed by atoms with E-state index in [1.165, 1.54) is 11.8 Å². The summed E-state index contributed by atoms with van der Waals surface area (Å²) < 4.78 is 10.8. The molecule has 5 rings (SSSR count). The van der Waals surface area contributed by atoms with Crippen molar-refractivity contribution in [3.63, 3.8) is 0 Å². The number of ether oxygens (including phenoxy) is 2. The molecule has 0 bridgehead atoms. The van der Waals surface area contributed by atoms with Gasteiger partial charge in [-0.2, -0.15) is 0 Å². The molecule has 0 radical (unpaired) electrons. The summed E-state index contributed by atoms with van der Waals surface area (Å²) in [4.78, 5) is 33.3. The standard InChI is InChI=1S/C28H29ClN4O4S/c1-17-25(27(35)32-20-8-10-22(36-2)11-9-20)26(18-5-3-6-19(29)13-18)33-21(16-38-28(33)31-17)14-24(34)30-15-23-7-4-12-37-23/h3,5-6,8-11,13,16,23,26H,4,7,12,14-15H2,1-2H3,(H,30,34)(H,32,35)/t23-,26-/m0/s1. The Labute approximate surface area is 231 Å². The minimum absolute atomic E-state index is 0.0658. The van der Waals surface area contributed by atoms with Gasteiger partial charge in [0.15, 0.2) is 5.17 Å². The first-order valence-corrected chi connectivity index (χ1v) is 13.7. The number of hydrogen-bond acceptors (Lipinski definition) is 7. The Balaban J connectivity index is 1.42. The summed E-state index contributed by atoms with van der Waals surface area (Å²) in [5, 5.41) is 9.20. The highest BCUT2D eigenvalue weighted by Crippen LogP contribution is 2.45. The number of amides is 2. The Morgan fingerprint density at radius 3 is 2.76 bits per heavy atom. The molecular formula is C28H29ClN4O4S. The molecule has 2 aromatic rings. The van der Waals surface area contributed by atoms with E-state index in [0.29, 0.717) is 34.3 Å². The van der Waals surface area contributed by atoms with E-state index in [1.54, 1.807) is 37.4 Å². The number of benzene rings is 2. The van der Waals surface area contributed by atoms with Crippen LogP contribution in [0.2, 0.25) is 5.02 Å². The summed E-state index contributed by atoms with van der Waals surface area (Å²) in [6.07, 6.45) is 2.19. The molecule has 38 heavy (non-hydrogen) atoms. The molecule has 0 saturated carbocycles. The highest BCUT2D eigenvalue weighted by Gasteiger charge is 2.40. The number of aliphatic imine (C=N–C) groups is 1. The average Bonchev–Trinajstić information content (AvgIpc) is 3.57. The maximum atomic E-state index is 13.7. The van der Waals surface area contributed by atoms with Crippen LogP contribution < -0.4 is 15.4 Å². The van der Waals surface area contributed by atoms with Crippen LogP contribution in [0, 0.1) is 0 Å². The molecule has 2 amide bonds. The zero-order valence-electron chi connectivity index (χ0n) is 21.2. The number of allylic oxidation sites excluding steroid dienone is 1. The Morgan fingerprint density at radius 1 is 1.24 bits per heavy atom. The van der Waals surface area contributed by atoms with Crippen LogP contribution in [-0.2, 0) is 14.3 Å². The summed E-state index contributed by atoms with van der Waals surface area (Å²) >= 11 is 7.82. The monoisotopic (exact) mass is 552 g/mol. The third-order valence-electron chi connectivity index (χ3n) is 6.65. The summed E-state index contributed by atoms with van der Waals surface area (Å²) in [6, 6.07) is 14.1. The number of nitrogens with zero attached hydrogens (tertiary/aromatic N) is 2. The number of halogens is 1. The zero-order valence-corrected chi connectivity index (χ0v) is 22.8. The van der Waals surface area contributed by atoms with Crippen LogP contribution in [0.5, 0.6) is 5.75 Å². The second kappa shape index (κ2) is 11.6. The van der Waals surface area contributed by atoms with Gasteiger partial charge >= 0.3 is 0 Å². The third-order valence-corrected chi connectivity index (χ3v) is 7.77. The van der Waals surface area contributed by atoms with Gasteiger partial charge in [0, 0.05) is 29.6 Å². The molecule has 1 fully saturated rings. The van der Waals surface area contributed by atoms with Gasteiger partial charge in [0.25, 0.3) is 5.91 Å². The minimum Gasteiger partial charge on any atom is -0.497 e. The van der Waals surface area contributed by atoms with E-state index in [9.17, 15) is 9.59 Å². The quantitative estimate of drug-likeness (QED) is 0.465. The van der Waals surface area contributed by atoms with E-state index in [1.807, 2.05) is 35.4 Å². The molecule has 198 valence electrons. The molecular weight excluding hydrogens is 524 g/mol. The van der Waals surface area contributed by atoms with E-state index >= 15 is 0 Å². The van der Waals surface area contributed by atoms with Crippen molar-refractivity contribution in [2.75, 3.05) is 25.6 Å². The molecule has 0 unspecified atom stereocenters. The molecule has 8 nitrogen and oxygen atoms in total. The summed E-state index contributed by atoms with van der Waals surface area (Å²) in [5.74, 6) is 0.317. The molecule has 10 heteroatoms. The SMILES string of the molecule is COc1ccc(NC(=O)C2=C(C)N=C3SC=C(CC(=O)NC[C@@H]4CCCO4)N3[C@H]2c2cccc(Cl)c2)cc1. The lowest BCUT2D eigenvalue weighted by molar-refractivity contribution is -0.121. The van der Waals surface area contributed by atoms with Crippen LogP contribution in [0.25, 0.3) is 0 Å². The number of nitrogens with one attached hydrogen (secondary N) is 2. The van der Waals surface area contributed by atoms with Crippen LogP contribution in [0.4, 0.5) is 5.69 Å². The summed E-state index contributed by atoms with van der Waals surface area (Å²) in [6.45, 7) is 3.06. The second-order valence-electron chi connectivity index (χ2n) is 9.25. The van der Waals surface area contributed by atoms with Gasteiger partial charge in [0.05, 0.1) is 36.9 Å². The fourth-order valence-electron chi connectivity index (χ4n) is 4.78. The van der Waals surface area contributed by atoms with E-state index in [2.05, 4.69) is 10.6 Å². The van der Waals surface area contributed by atoms with Crippen molar-refractivity contribution < 1.29 is 19.1 Å². The number of carbonyl (C=O) groups is 2. The fourth-order valence-corrected chi connectivity index (χ4v) is 5.95. The van der Waals surface area contributed by atoms with Crippen molar-refractivity contribution in [3.8, 4) is 5.75 Å². The molecule has 2 atom stereocenters. The van der Waals surface area contributed by atoms with Gasteiger partial charge in [0.1, 0.15) is 5.75 Å². The first-order valence-electron chi connectivity index (χ1n) is 12.5. The molecule has 2 N–H and O–H groups in total. The minimum atomic E-state index is -0.508. The first-order chi connectivity index (χ1) is 18.4. The van der Waals surface area contributed by atoms with Crippen LogP contribution >= 0.6 is 23.4 Å². The zero-order chi connectivity index (χ0) is 26.6. The van der Waals surface area contributed by atoms with Crippen molar-refractivity contribution in [3.05, 3.63) is 81.5 Å². The summed E-state index contributed by atoms with van der Waals surface area (Å²) in [7, 11) is 1.59. The molecule has 1 saturated heterocycles. The maximum absolute atomic E-state index is 13.7. The van der Waals surface area contributed by atoms with Gasteiger partial charge in [-0.15, -0.1) is 0 Å². The Bertz CT molecular complexity index is 1320. The molecule has 0 aliphatic carbocycles. The molecule has 3 aliphatic heterocycles. The van der Waals surface area contributed by atoms with Crippen molar-refractivity contribution in [2.45, 2.75) is 38.3 Å².